The number of benzene rings is 2. The van der Waals surface area contributed by atoms with Crippen LogP contribution in [0.5, 0.6) is 11.8 Å². The van der Waals surface area contributed by atoms with Crippen LogP contribution in [0.15, 0.2) is 30.3 Å². The molecule has 0 radical (unpaired) electrons. The van der Waals surface area contributed by atoms with Crippen LogP contribution in [0.25, 0.3) is 10.8 Å². The van der Waals surface area contributed by atoms with Gasteiger partial charge in [-0.25, -0.2) is 0 Å². The summed E-state index contributed by atoms with van der Waals surface area (Å²) in [7, 11) is 1.80. The zero-order valence-electron chi connectivity index (χ0n) is 25.8. The van der Waals surface area contributed by atoms with Crippen LogP contribution in [0.1, 0.15) is 55.9 Å². The minimum Gasteiger partial charge on any atom is -0.508 e. The van der Waals surface area contributed by atoms with E-state index in [4.69, 9.17) is 35.8 Å². The Hall–Kier alpha value is -2.89. The van der Waals surface area contributed by atoms with E-state index in [2.05, 4.69) is 20.0 Å². The molecule has 3 aromatic rings. The van der Waals surface area contributed by atoms with Crippen LogP contribution < -0.4 is 19.9 Å². The van der Waals surface area contributed by atoms with Crippen molar-refractivity contribution in [1.29, 1.82) is 0 Å². The first-order chi connectivity index (χ1) is 22.0. The van der Waals surface area contributed by atoms with Crippen LogP contribution in [-0.2, 0) is 16.0 Å². The third kappa shape index (κ3) is 4.58. The molecule has 6 aliphatic rings. The predicted octanol–water partition coefficient (Wildman–Crippen LogP) is 4.41. The molecule has 6 unspecified atom stereocenters. The molecule has 2 bridgehead atoms. The fourth-order valence-corrected chi connectivity index (χ4v) is 9.68. The van der Waals surface area contributed by atoms with Gasteiger partial charge in [0, 0.05) is 55.3 Å². The number of rotatable bonds is 6. The van der Waals surface area contributed by atoms with E-state index in [-0.39, 0.29) is 23.4 Å². The Morgan fingerprint density at radius 3 is 3.00 bits per heavy atom. The Morgan fingerprint density at radius 1 is 1.16 bits per heavy atom. The summed E-state index contributed by atoms with van der Waals surface area (Å²) in [5.41, 5.74) is 2.90. The Labute approximate surface area is 268 Å². The number of nitrogens with one attached hydrogen (secondary N) is 1. The van der Waals surface area contributed by atoms with E-state index in [1.165, 1.54) is 12.8 Å². The average molecular weight is 633 g/mol. The summed E-state index contributed by atoms with van der Waals surface area (Å²) >= 11 is 6.78. The molecule has 6 atom stereocenters. The zero-order chi connectivity index (χ0) is 30.3. The monoisotopic (exact) mass is 632 g/mol. The Kier molecular flexibility index (Phi) is 6.83. The number of methoxy groups -OCH3 is 1. The summed E-state index contributed by atoms with van der Waals surface area (Å²) in [4.78, 5) is 17.7. The van der Waals surface area contributed by atoms with Crippen molar-refractivity contribution >= 4 is 33.9 Å². The number of hydrogen-bond acceptors (Lipinski definition) is 10. The van der Waals surface area contributed by atoms with Crippen molar-refractivity contribution in [2.75, 3.05) is 56.4 Å². The highest BCUT2D eigenvalue weighted by Gasteiger charge is 2.50. The van der Waals surface area contributed by atoms with Crippen molar-refractivity contribution in [3.63, 3.8) is 0 Å². The Balaban J connectivity index is 1.11. The summed E-state index contributed by atoms with van der Waals surface area (Å²) in [6.45, 7) is 5.13. The van der Waals surface area contributed by atoms with Crippen molar-refractivity contribution in [2.24, 2.45) is 0 Å². The molecule has 11 heteroatoms. The SMILES string of the molecule is COCC1CCC2(COc3nc4c5c(n3)N3CC6CCC(N6)C3COC5CN(c3cc(O)cc5cccc(Cl)c35)C4)CCCN12. The lowest BCUT2D eigenvalue weighted by Gasteiger charge is -2.41. The molecule has 6 aliphatic heterocycles. The molecule has 0 spiro atoms. The number of hydrogen-bond donors (Lipinski definition) is 2. The number of piperazine rings is 1. The number of nitrogens with zero attached hydrogens (tertiary/aromatic N) is 5. The molecule has 0 saturated carbocycles. The number of aromatic hydroxyl groups is 1. The first-order valence-corrected chi connectivity index (χ1v) is 17.0. The van der Waals surface area contributed by atoms with E-state index in [1.54, 1.807) is 13.2 Å². The number of phenols is 1. The van der Waals surface area contributed by atoms with Gasteiger partial charge in [-0.3, -0.25) is 4.90 Å². The van der Waals surface area contributed by atoms with E-state index < -0.39 is 0 Å². The lowest BCUT2D eigenvalue weighted by Crippen LogP contribution is -2.59. The maximum Gasteiger partial charge on any atom is 0.318 e. The molecule has 0 aliphatic carbocycles. The fourth-order valence-electron chi connectivity index (χ4n) is 9.40. The highest BCUT2D eigenvalue weighted by Crippen LogP contribution is 2.46. The number of phenolic OH excluding ortho intramolecular Hbond substituents is 1. The highest BCUT2D eigenvalue weighted by atomic mass is 35.5. The predicted molar refractivity (Wildman–Crippen MR) is 173 cm³/mol. The second-order valence-corrected chi connectivity index (χ2v) is 14.3. The van der Waals surface area contributed by atoms with Gasteiger partial charge in [0.25, 0.3) is 0 Å². The van der Waals surface area contributed by atoms with Crippen molar-refractivity contribution in [1.82, 2.24) is 20.2 Å². The van der Waals surface area contributed by atoms with E-state index in [0.717, 1.165) is 78.9 Å². The number of halogens is 1. The standard InChI is InChI=1S/C34H41ClN6O4/c1-43-17-22-8-10-34(9-3-11-41(22)34)19-45-33-37-26-15-39(27-13-23(42)12-20-4-2-5-24(35)30(20)27)16-29-31(26)32(38-33)40-14-21-6-7-25(36-21)28(40)18-44-29/h2,4-5,12-13,21-22,25,28-29,36,42H,3,6-11,14-19H2,1H3. The normalized spacial score (nSPS) is 32.0. The van der Waals surface area contributed by atoms with Crippen LogP contribution >= 0.6 is 11.6 Å². The summed E-state index contributed by atoms with van der Waals surface area (Å²) < 4.78 is 19.0. The van der Waals surface area contributed by atoms with Crippen LogP contribution in [-0.4, -0.2) is 96.2 Å². The molecule has 9 rings (SSSR count). The van der Waals surface area contributed by atoms with Gasteiger partial charge in [-0.2, -0.15) is 9.97 Å². The third-order valence-corrected chi connectivity index (χ3v) is 11.7. The lowest BCUT2D eigenvalue weighted by atomic mass is 9.95. The van der Waals surface area contributed by atoms with E-state index in [0.29, 0.717) is 55.5 Å². The minimum absolute atomic E-state index is 0.0161. The summed E-state index contributed by atoms with van der Waals surface area (Å²) in [5.74, 6) is 1.19. The number of ether oxygens (including phenoxy) is 3. The summed E-state index contributed by atoms with van der Waals surface area (Å²) in [6, 6.07) is 11.3. The molecule has 238 valence electrons. The van der Waals surface area contributed by atoms with Gasteiger partial charge in [-0.15, -0.1) is 0 Å². The lowest BCUT2D eigenvalue weighted by molar-refractivity contribution is 0.0411. The van der Waals surface area contributed by atoms with Crippen LogP contribution in [0.2, 0.25) is 5.02 Å². The van der Waals surface area contributed by atoms with Gasteiger partial charge in [-0.1, -0.05) is 23.7 Å². The van der Waals surface area contributed by atoms with Gasteiger partial charge in [0.15, 0.2) is 0 Å². The van der Waals surface area contributed by atoms with Crippen LogP contribution in [0.3, 0.4) is 0 Å². The maximum absolute atomic E-state index is 10.7. The molecule has 2 N–H and O–H groups in total. The highest BCUT2D eigenvalue weighted by molar-refractivity contribution is 6.36. The quantitative estimate of drug-likeness (QED) is 0.407. The number of anilines is 2. The van der Waals surface area contributed by atoms with Gasteiger partial charge in [0.1, 0.15) is 24.3 Å². The maximum atomic E-state index is 10.7. The smallest absolute Gasteiger partial charge is 0.318 e. The first-order valence-electron chi connectivity index (χ1n) is 16.6. The van der Waals surface area contributed by atoms with Crippen LogP contribution in [0, 0.1) is 0 Å². The number of aromatic nitrogens is 2. The van der Waals surface area contributed by atoms with Crippen molar-refractivity contribution < 1.29 is 19.3 Å². The molecule has 45 heavy (non-hydrogen) atoms. The van der Waals surface area contributed by atoms with E-state index in [9.17, 15) is 5.11 Å². The average Bonchev–Trinajstić information content (AvgIpc) is 3.70. The van der Waals surface area contributed by atoms with E-state index in [1.807, 2.05) is 24.3 Å². The Bertz CT molecular complexity index is 1640. The third-order valence-electron chi connectivity index (χ3n) is 11.4. The second kappa shape index (κ2) is 10.8. The van der Waals surface area contributed by atoms with Gasteiger partial charge in [0.05, 0.1) is 47.7 Å². The fraction of sp³-hybridized carbons (Fsp3) is 0.588. The van der Waals surface area contributed by atoms with Gasteiger partial charge in [-0.05, 0) is 62.6 Å². The van der Waals surface area contributed by atoms with Crippen molar-refractivity contribution in [3.05, 3.63) is 46.6 Å². The summed E-state index contributed by atoms with van der Waals surface area (Å²) in [5, 5.41) is 17.0. The van der Waals surface area contributed by atoms with Gasteiger partial charge in [0.2, 0.25) is 0 Å². The van der Waals surface area contributed by atoms with Gasteiger partial charge >= 0.3 is 6.01 Å². The molecular formula is C34H41ClN6O4. The first kappa shape index (κ1) is 28.3. The summed E-state index contributed by atoms with van der Waals surface area (Å²) in [6.07, 6.45) is 6.66. The zero-order valence-corrected chi connectivity index (χ0v) is 26.5. The van der Waals surface area contributed by atoms with E-state index >= 15 is 0 Å². The second-order valence-electron chi connectivity index (χ2n) is 13.9. The largest absolute Gasteiger partial charge is 0.508 e. The van der Waals surface area contributed by atoms with Crippen molar-refractivity contribution in [3.8, 4) is 11.8 Å². The molecule has 1 aromatic heterocycles. The molecule has 2 aromatic carbocycles. The Morgan fingerprint density at radius 2 is 2.09 bits per heavy atom. The molecule has 0 amide bonds. The molecular weight excluding hydrogens is 592 g/mol. The molecule has 4 fully saturated rings. The van der Waals surface area contributed by atoms with Gasteiger partial charge < -0.3 is 34.4 Å². The molecule has 10 nitrogen and oxygen atoms in total. The molecule has 4 saturated heterocycles. The minimum atomic E-state index is -0.213. The topological polar surface area (TPSA) is 95.5 Å². The van der Waals surface area contributed by atoms with Crippen LogP contribution in [0.4, 0.5) is 11.5 Å². The van der Waals surface area contributed by atoms with Crippen molar-refractivity contribution in [2.45, 2.75) is 80.9 Å². The molecule has 7 heterocycles. The number of fused-ring (bicyclic) bond motifs is 7.